The highest BCUT2D eigenvalue weighted by Gasteiger charge is 2.36. The summed E-state index contributed by atoms with van der Waals surface area (Å²) in [4.78, 5) is 16.4. The van der Waals surface area contributed by atoms with Crippen LogP contribution in [-0.4, -0.2) is 72.1 Å². The summed E-state index contributed by atoms with van der Waals surface area (Å²) in [7, 11) is 0. The fraction of sp³-hybridized carbons (Fsp3) is 0.810. The van der Waals surface area contributed by atoms with E-state index < -0.39 is 0 Å². The smallest absolute Gasteiger partial charge is 0.225 e. The summed E-state index contributed by atoms with van der Waals surface area (Å²) in [5.74, 6) is 0.886. The van der Waals surface area contributed by atoms with E-state index >= 15 is 0 Å². The maximum absolute atomic E-state index is 4.37. The number of rotatable bonds is 6. The number of anilines is 1. The standard InChI is InChI=1S/C21H35N5/c1-2-7-21(6-1)8-14-24(15-9-21)12-3-4-13-25-16-18-26(19-17-25)20-22-10-5-11-23-20/h5,10-11H,1-4,6-9,12-19H2. The van der Waals surface area contributed by atoms with Crippen molar-refractivity contribution in [2.75, 3.05) is 57.3 Å². The van der Waals surface area contributed by atoms with Crippen molar-refractivity contribution in [2.24, 2.45) is 5.41 Å². The lowest BCUT2D eigenvalue weighted by Crippen LogP contribution is -2.47. The average Bonchev–Trinajstić information content (AvgIpc) is 3.16. The molecule has 3 fully saturated rings. The Labute approximate surface area is 158 Å². The van der Waals surface area contributed by atoms with Gasteiger partial charge in [0, 0.05) is 38.6 Å². The van der Waals surface area contributed by atoms with Gasteiger partial charge in [-0.1, -0.05) is 12.8 Å². The normalized spacial score (nSPS) is 24.4. The van der Waals surface area contributed by atoms with Crippen LogP contribution in [0.3, 0.4) is 0 Å². The van der Waals surface area contributed by atoms with Crippen LogP contribution in [0.5, 0.6) is 0 Å². The number of piperazine rings is 1. The number of aromatic nitrogens is 2. The molecule has 2 saturated heterocycles. The predicted octanol–water partition coefficient (Wildman–Crippen LogP) is 3.04. The molecular weight excluding hydrogens is 322 g/mol. The second-order valence-electron chi connectivity index (χ2n) is 8.63. The van der Waals surface area contributed by atoms with Crippen LogP contribution in [0.25, 0.3) is 0 Å². The van der Waals surface area contributed by atoms with Gasteiger partial charge in [-0.25, -0.2) is 9.97 Å². The van der Waals surface area contributed by atoms with Gasteiger partial charge in [0.05, 0.1) is 0 Å². The van der Waals surface area contributed by atoms with Crippen molar-refractivity contribution in [1.82, 2.24) is 19.8 Å². The van der Waals surface area contributed by atoms with E-state index in [2.05, 4.69) is 24.7 Å². The van der Waals surface area contributed by atoms with Crippen LogP contribution >= 0.6 is 0 Å². The zero-order valence-electron chi connectivity index (χ0n) is 16.3. The lowest BCUT2D eigenvalue weighted by molar-refractivity contribution is 0.106. The molecule has 3 heterocycles. The highest BCUT2D eigenvalue weighted by Crippen LogP contribution is 2.46. The fourth-order valence-corrected chi connectivity index (χ4v) is 5.17. The van der Waals surface area contributed by atoms with E-state index in [1.54, 1.807) is 0 Å². The summed E-state index contributed by atoms with van der Waals surface area (Å²) >= 11 is 0. The number of piperidine rings is 1. The Kier molecular flexibility index (Phi) is 6.05. The highest BCUT2D eigenvalue weighted by atomic mass is 15.3. The van der Waals surface area contributed by atoms with E-state index in [1.165, 1.54) is 77.5 Å². The van der Waals surface area contributed by atoms with Crippen LogP contribution in [0.4, 0.5) is 5.95 Å². The molecule has 0 N–H and O–H groups in total. The van der Waals surface area contributed by atoms with Crippen molar-refractivity contribution >= 4 is 5.95 Å². The van der Waals surface area contributed by atoms with Gasteiger partial charge in [-0.05, 0) is 76.2 Å². The molecule has 1 aromatic heterocycles. The zero-order valence-corrected chi connectivity index (χ0v) is 16.3. The molecule has 5 nitrogen and oxygen atoms in total. The molecule has 4 rings (SSSR count). The van der Waals surface area contributed by atoms with E-state index in [9.17, 15) is 0 Å². The summed E-state index contributed by atoms with van der Waals surface area (Å²) in [5.41, 5.74) is 0.763. The summed E-state index contributed by atoms with van der Waals surface area (Å²) in [5, 5.41) is 0. The molecular formula is C21H35N5. The van der Waals surface area contributed by atoms with Crippen molar-refractivity contribution in [3.8, 4) is 0 Å². The average molecular weight is 358 g/mol. The first kappa shape index (κ1) is 18.2. The van der Waals surface area contributed by atoms with Gasteiger partial charge in [-0.3, -0.25) is 4.90 Å². The van der Waals surface area contributed by atoms with Crippen molar-refractivity contribution in [3.63, 3.8) is 0 Å². The van der Waals surface area contributed by atoms with Crippen LogP contribution in [0.15, 0.2) is 18.5 Å². The van der Waals surface area contributed by atoms with Crippen molar-refractivity contribution in [1.29, 1.82) is 0 Å². The van der Waals surface area contributed by atoms with Crippen LogP contribution in [0.2, 0.25) is 0 Å². The second kappa shape index (κ2) is 8.66. The Hall–Kier alpha value is -1.20. The molecule has 0 radical (unpaired) electrons. The summed E-state index contributed by atoms with van der Waals surface area (Å²) < 4.78 is 0. The minimum absolute atomic E-state index is 0.763. The first-order valence-electron chi connectivity index (χ1n) is 10.8. The van der Waals surface area contributed by atoms with Gasteiger partial charge < -0.3 is 9.80 Å². The maximum Gasteiger partial charge on any atom is 0.225 e. The molecule has 26 heavy (non-hydrogen) atoms. The monoisotopic (exact) mass is 357 g/mol. The summed E-state index contributed by atoms with van der Waals surface area (Å²) in [6.45, 7) is 9.67. The predicted molar refractivity (Wildman–Crippen MR) is 106 cm³/mol. The summed E-state index contributed by atoms with van der Waals surface area (Å²) in [6, 6.07) is 1.88. The lowest BCUT2D eigenvalue weighted by Gasteiger charge is -2.39. The topological polar surface area (TPSA) is 35.5 Å². The van der Waals surface area contributed by atoms with Crippen molar-refractivity contribution in [3.05, 3.63) is 18.5 Å². The van der Waals surface area contributed by atoms with Gasteiger partial charge in [0.2, 0.25) is 5.95 Å². The second-order valence-corrected chi connectivity index (χ2v) is 8.63. The van der Waals surface area contributed by atoms with Gasteiger partial charge in [0.1, 0.15) is 0 Å². The molecule has 0 unspecified atom stereocenters. The molecule has 0 amide bonds. The Balaban J connectivity index is 1.08. The molecule has 1 saturated carbocycles. The van der Waals surface area contributed by atoms with Crippen LogP contribution in [-0.2, 0) is 0 Å². The number of hydrogen-bond donors (Lipinski definition) is 0. The van der Waals surface area contributed by atoms with Crippen molar-refractivity contribution in [2.45, 2.75) is 51.4 Å². The number of nitrogens with zero attached hydrogens (tertiary/aromatic N) is 5. The van der Waals surface area contributed by atoms with Gasteiger partial charge in [-0.15, -0.1) is 0 Å². The van der Waals surface area contributed by atoms with Crippen LogP contribution < -0.4 is 4.90 Å². The first-order valence-corrected chi connectivity index (χ1v) is 10.8. The molecule has 144 valence electrons. The molecule has 5 heteroatoms. The zero-order chi connectivity index (χ0) is 17.7. The number of hydrogen-bond acceptors (Lipinski definition) is 5. The molecule has 1 aliphatic carbocycles. The van der Waals surface area contributed by atoms with Crippen LogP contribution in [0.1, 0.15) is 51.4 Å². The quantitative estimate of drug-likeness (QED) is 0.731. The van der Waals surface area contributed by atoms with Gasteiger partial charge >= 0.3 is 0 Å². The molecule has 1 spiro atoms. The van der Waals surface area contributed by atoms with E-state index in [1.807, 2.05) is 18.5 Å². The minimum Gasteiger partial charge on any atom is -0.338 e. The molecule has 2 aliphatic heterocycles. The highest BCUT2D eigenvalue weighted by molar-refractivity contribution is 5.29. The fourth-order valence-electron chi connectivity index (χ4n) is 5.17. The van der Waals surface area contributed by atoms with Gasteiger partial charge in [0.15, 0.2) is 0 Å². The van der Waals surface area contributed by atoms with E-state index in [0.29, 0.717) is 0 Å². The lowest BCUT2D eigenvalue weighted by atomic mass is 9.77. The van der Waals surface area contributed by atoms with E-state index in [-0.39, 0.29) is 0 Å². The largest absolute Gasteiger partial charge is 0.338 e. The first-order chi connectivity index (χ1) is 12.8. The number of unbranched alkanes of at least 4 members (excludes halogenated alkanes) is 1. The Morgan fingerprint density at radius 1 is 0.731 bits per heavy atom. The summed E-state index contributed by atoms with van der Waals surface area (Å²) in [6.07, 6.45) is 15.3. The van der Waals surface area contributed by atoms with Crippen molar-refractivity contribution < 1.29 is 0 Å². The minimum atomic E-state index is 0.763. The number of likely N-dealkylation sites (tertiary alicyclic amines) is 1. The van der Waals surface area contributed by atoms with Gasteiger partial charge in [0.25, 0.3) is 0 Å². The third kappa shape index (κ3) is 4.55. The molecule has 0 atom stereocenters. The SMILES string of the molecule is c1cnc(N2CCN(CCCCN3CCC4(CCCC4)CC3)CC2)nc1. The van der Waals surface area contributed by atoms with Crippen LogP contribution in [0, 0.1) is 5.41 Å². The van der Waals surface area contributed by atoms with E-state index in [0.717, 1.165) is 37.5 Å². The molecule has 3 aliphatic rings. The van der Waals surface area contributed by atoms with E-state index in [4.69, 9.17) is 0 Å². The maximum atomic E-state index is 4.37. The third-order valence-corrected chi connectivity index (χ3v) is 6.99. The Morgan fingerprint density at radius 3 is 1.92 bits per heavy atom. The Morgan fingerprint density at radius 2 is 1.31 bits per heavy atom. The van der Waals surface area contributed by atoms with Gasteiger partial charge in [-0.2, -0.15) is 0 Å². The Bertz CT molecular complexity index is 525. The molecule has 0 aromatic carbocycles. The third-order valence-electron chi connectivity index (χ3n) is 6.99. The molecule has 0 bridgehead atoms. The molecule has 1 aromatic rings.